The number of hydrogen-bond acceptors (Lipinski definition) is 4. The molecule has 0 spiro atoms. The molecule has 4 heteroatoms. The number of carbonyl (C=O) groups is 2. The highest BCUT2D eigenvalue weighted by Crippen LogP contribution is 2.23. The molecule has 2 aromatic rings. The summed E-state index contributed by atoms with van der Waals surface area (Å²) in [4.78, 5) is 24.5. The van der Waals surface area contributed by atoms with Gasteiger partial charge in [0.15, 0.2) is 6.10 Å². The molecule has 1 atom stereocenters. The van der Waals surface area contributed by atoms with Gasteiger partial charge in [-0.2, -0.15) is 0 Å². The Labute approximate surface area is 142 Å². The molecular formula is C20H22O4. The number of phenolic OH excluding ortho intramolecular Hbond substituents is 1. The SMILES string of the molecule is C[C@H](OC(=O)c1ccccc1O)C(=O)c1ccc(C(C)(C)C)cc1. The van der Waals surface area contributed by atoms with Crippen molar-refractivity contribution < 1.29 is 19.4 Å². The van der Waals surface area contributed by atoms with Crippen LogP contribution < -0.4 is 0 Å². The van der Waals surface area contributed by atoms with E-state index in [2.05, 4.69) is 20.8 Å². The minimum absolute atomic E-state index is 0.00446. The summed E-state index contributed by atoms with van der Waals surface area (Å²) in [6.07, 6.45) is -0.933. The molecule has 0 saturated carbocycles. The average molecular weight is 326 g/mol. The first-order chi connectivity index (χ1) is 11.2. The Balaban J connectivity index is 2.10. The highest BCUT2D eigenvalue weighted by Gasteiger charge is 2.22. The van der Waals surface area contributed by atoms with Crippen molar-refractivity contribution >= 4 is 11.8 Å². The van der Waals surface area contributed by atoms with Crippen molar-refractivity contribution in [3.05, 3.63) is 65.2 Å². The third kappa shape index (κ3) is 4.02. The van der Waals surface area contributed by atoms with E-state index in [1.807, 2.05) is 12.1 Å². The molecule has 0 aliphatic heterocycles. The number of para-hydroxylation sites is 1. The first-order valence-corrected chi connectivity index (χ1v) is 7.84. The van der Waals surface area contributed by atoms with E-state index in [0.29, 0.717) is 5.56 Å². The molecule has 0 unspecified atom stereocenters. The number of benzene rings is 2. The lowest BCUT2D eigenvalue weighted by molar-refractivity contribution is 0.0316. The Hall–Kier alpha value is -2.62. The van der Waals surface area contributed by atoms with Crippen molar-refractivity contribution in [3.63, 3.8) is 0 Å². The Kier molecular flexibility index (Phi) is 5.07. The highest BCUT2D eigenvalue weighted by atomic mass is 16.5. The Morgan fingerprint density at radius 2 is 1.58 bits per heavy atom. The normalized spacial score (nSPS) is 12.5. The molecule has 0 amide bonds. The van der Waals surface area contributed by atoms with Crippen LogP contribution in [0.2, 0.25) is 0 Å². The van der Waals surface area contributed by atoms with E-state index in [0.717, 1.165) is 5.56 Å². The predicted octanol–water partition coefficient (Wildman–Crippen LogP) is 4.12. The van der Waals surface area contributed by atoms with E-state index >= 15 is 0 Å². The zero-order valence-corrected chi connectivity index (χ0v) is 14.4. The molecule has 0 aliphatic rings. The number of hydrogen-bond donors (Lipinski definition) is 1. The molecule has 0 bridgehead atoms. The van der Waals surface area contributed by atoms with Crippen molar-refractivity contribution in [2.75, 3.05) is 0 Å². The van der Waals surface area contributed by atoms with E-state index < -0.39 is 12.1 Å². The largest absolute Gasteiger partial charge is 0.507 e. The fourth-order valence-electron chi connectivity index (χ4n) is 2.29. The zero-order chi connectivity index (χ0) is 17.9. The van der Waals surface area contributed by atoms with E-state index in [9.17, 15) is 14.7 Å². The minimum Gasteiger partial charge on any atom is -0.507 e. The summed E-state index contributed by atoms with van der Waals surface area (Å²) >= 11 is 0. The van der Waals surface area contributed by atoms with Gasteiger partial charge in [0.05, 0.1) is 0 Å². The van der Waals surface area contributed by atoms with Crippen molar-refractivity contribution in [1.29, 1.82) is 0 Å². The first-order valence-electron chi connectivity index (χ1n) is 7.84. The van der Waals surface area contributed by atoms with Crippen LogP contribution in [0.3, 0.4) is 0 Å². The van der Waals surface area contributed by atoms with Crippen LogP contribution in [0, 0.1) is 0 Å². The summed E-state index contributed by atoms with van der Waals surface area (Å²) in [5, 5.41) is 9.67. The number of esters is 1. The van der Waals surface area contributed by atoms with Crippen LogP contribution in [-0.4, -0.2) is 23.0 Å². The minimum atomic E-state index is -0.933. The molecule has 2 rings (SSSR count). The van der Waals surface area contributed by atoms with E-state index in [1.54, 1.807) is 24.3 Å². The van der Waals surface area contributed by atoms with Gasteiger partial charge in [-0.1, -0.05) is 57.2 Å². The van der Waals surface area contributed by atoms with Gasteiger partial charge in [0, 0.05) is 5.56 Å². The van der Waals surface area contributed by atoms with E-state index in [-0.39, 0.29) is 22.5 Å². The third-order valence-corrected chi connectivity index (χ3v) is 3.81. The Morgan fingerprint density at radius 3 is 2.12 bits per heavy atom. The quantitative estimate of drug-likeness (QED) is 0.678. The summed E-state index contributed by atoms with van der Waals surface area (Å²) in [6.45, 7) is 7.82. The van der Waals surface area contributed by atoms with Gasteiger partial charge in [0.25, 0.3) is 0 Å². The topological polar surface area (TPSA) is 63.6 Å². The monoisotopic (exact) mass is 326 g/mol. The van der Waals surface area contributed by atoms with Gasteiger partial charge in [-0.05, 0) is 30.0 Å². The van der Waals surface area contributed by atoms with Gasteiger partial charge in [0.2, 0.25) is 5.78 Å². The van der Waals surface area contributed by atoms with Crippen molar-refractivity contribution in [2.24, 2.45) is 0 Å². The van der Waals surface area contributed by atoms with Crippen LogP contribution >= 0.6 is 0 Å². The van der Waals surface area contributed by atoms with Gasteiger partial charge in [-0.3, -0.25) is 4.79 Å². The molecule has 0 radical (unpaired) electrons. The number of aromatic hydroxyl groups is 1. The van der Waals surface area contributed by atoms with Crippen molar-refractivity contribution in [2.45, 2.75) is 39.2 Å². The first kappa shape index (κ1) is 17.7. The molecule has 126 valence electrons. The maximum absolute atomic E-state index is 12.4. The van der Waals surface area contributed by atoms with Gasteiger partial charge >= 0.3 is 5.97 Å². The number of rotatable bonds is 4. The second-order valence-corrected chi connectivity index (χ2v) is 6.76. The zero-order valence-electron chi connectivity index (χ0n) is 14.4. The maximum atomic E-state index is 12.4. The molecule has 4 nitrogen and oxygen atoms in total. The molecule has 24 heavy (non-hydrogen) atoms. The lowest BCUT2D eigenvalue weighted by atomic mass is 9.86. The Morgan fingerprint density at radius 1 is 1.00 bits per heavy atom. The molecule has 0 aliphatic carbocycles. The van der Waals surface area contributed by atoms with Crippen LogP contribution in [0.15, 0.2) is 48.5 Å². The molecule has 1 N–H and O–H groups in total. The lowest BCUT2D eigenvalue weighted by Crippen LogP contribution is -2.24. The van der Waals surface area contributed by atoms with E-state index in [1.165, 1.54) is 19.1 Å². The van der Waals surface area contributed by atoms with Gasteiger partial charge < -0.3 is 9.84 Å². The molecule has 2 aromatic carbocycles. The van der Waals surface area contributed by atoms with Crippen molar-refractivity contribution in [3.8, 4) is 5.75 Å². The molecule has 0 fully saturated rings. The second kappa shape index (κ2) is 6.87. The second-order valence-electron chi connectivity index (χ2n) is 6.76. The molecular weight excluding hydrogens is 304 g/mol. The Bertz CT molecular complexity index is 739. The van der Waals surface area contributed by atoms with Gasteiger partial charge in [0.1, 0.15) is 11.3 Å². The van der Waals surface area contributed by atoms with Crippen molar-refractivity contribution in [1.82, 2.24) is 0 Å². The predicted molar refractivity (Wildman–Crippen MR) is 92.5 cm³/mol. The number of ether oxygens (including phenoxy) is 1. The van der Waals surface area contributed by atoms with Crippen LogP contribution in [0.25, 0.3) is 0 Å². The smallest absolute Gasteiger partial charge is 0.342 e. The fraction of sp³-hybridized carbons (Fsp3) is 0.300. The van der Waals surface area contributed by atoms with Gasteiger partial charge in [-0.25, -0.2) is 4.79 Å². The maximum Gasteiger partial charge on any atom is 0.342 e. The van der Waals surface area contributed by atoms with Crippen LogP contribution in [0.4, 0.5) is 0 Å². The summed E-state index contributed by atoms with van der Waals surface area (Å²) in [5.74, 6) is -1.17. The third-order valence-electron chi connectivity index (χ3n) is 3.81. The van der Waals surface area contributed by atoms with Crippen LogP contribution in [0.1, 0.15) is 54.0 Å². The number of ketones is 1. The molecule has 0 aromatic heterocycles. The summed E-state index contributed by atoms with van der Waals surface area (Å²) in [7, 11) is 0. The summed E-state index contributed by atoms with van der Waals surface area (Å²) in [5.41, 5.74) is 1.66. The molecule has 0 heterocycles. The van der Waals surface area contributed by atoms with E-state index in [4.69, 9.17) is 4.74 Å². The highest BCUT2D eigenvalue weighted by molar-refractivity contribution is 6.01. The number of carbonyl (C=O) groups excluding carboxylic acids is 2. The fourth-order valence-corrected chi connectivity index (χ4v) is 2.29. The average Bonchev–Trinajstić information content (AvgIpc) is 2.53. The summed E-state index contributed by atoms with van der Waals surface area (Å²) in [6, 6.07) is 13.4. The lowest BCUT2D eigenvalue weighted by Gasteiger charge is -2.19. The standard InChI is InChI=1S/C20H22O4/c1-13(24-19(23)16-7-5-6-8-17(16)21)18(22)14-9-11-15(12-10-14)20(2,3)4/h5-13,21H,1-4H3/t13-/m0/s1. The van der Waals surface area contributed by atoms with Crippen LogP contribution in [0.5, 0.6) is 5.75 Å². The number of phenols is 1. The molecule has 0 saturated heterocycles. The summed E-state index contributed by atoms with van der Waals surface area (Å²) < 4.78 is 5.18. The van der Waals surface area contributed by atoms with Gasteiger partial charge in [-0.15, -0.1) is 0 Å². The number of Topliss-reactive ketones (excluding diaryl/α,β-unsaturated/α-hetero) is 1. The van der Waals surface area contributed by atoms with Crippen LogP contribution in [-0.2, 0) is 10.2 Å².